The van der Waals surface area contributed by atoms with Crippen LogP contribution in [0.4, 0.5) is 5.69 Å². The molecule has 0 amide bonds. The van der Waals surface area contributed by atoms with Crippen LogP contribution in [-0.2, 0) is 33.3 Å². The first-order valence-corrected chi connectivity index (χ1v) is 16.1. The standard InChI is InChI=1S/C33H53NO9/c1-4-40-28(35)20-18-16-14-12-10-8-7-9-11-13-15-17-19-25-34-27-23-21-26(22-24-27)31(37)43-30(33(39)42-6-3)29(36)32(38)41-5-2/h21-24,29-30,34,36H,4-20,25H2,1-3H3. The number of benzene rings is 1. The molecule has 1 aromatic carbocycles. The molecule has 244 valence electrons. The molecular formula is C33H53NO9. The van der Waals surface area contributed by atoms with Crippen molar-refractivity contribution in [2.75, 3.05) is 31.7 Å². The number of carbonyl (C=O) groups is 4. The minimum absolute atomic E-state index is 0.00187. The summed E-state index contributed by atoms with van der Waals surface area (Å²) in [5, 5.41) is 13.5. The van der Waals surface area contributed by atoms with E-state index in [9.17, 15) is 24.3 Å². The molecule has 10 heteroatoms. The number of carbonyl (C=O) groups excluding carboxylic acids is 4. The van der Waals surface area contributed by atoms with Gasteiger partial charge in [-0.25, -0.2) is 14.4 Å². The number of esters is 4. The maximum atomic E-state index is 12.6. The molecule has 0 fully saturated rings. The topological polar surface area (TPSA) is 137 Å². The lowest BCUT2D eigenvalue weighted by Crippen LogP contribution is -2.44. The van der Waals surface area contributed by atoms with Gasteiger partial charge in [0.25, 0.3) is 0 Å². The summed E-state index contributed by atoms with van der Waals surface area (Å²) in [6.07, 6.45) is 12.3. The van der Waals surface area contributed by atoms with Gasteiger partial charge in [0, 0.05) is 18.7 Å². The van der Waals surface area contributed by atoms with E-state index < -0.39 is 30.1 Å². The third-order valence-electron chi connectivity index (χ3n) is 6.88. The molecule has 0 saturated carbocycles. The zero-order valence-corrected chi connectivity index (χ0v) is 26.4. The molecule has 0 saturated heterocycles. The van der Waals surface area contributed by atoms with Crippen molar-refractivity contribution >= 4 is 29.6 Å². The van der Waals surface area contributed by atoms with Crippen LogP contribution in [0.1, 0.15) is 121 Å². The lowest BCUT2D eigenvalue weighted by atomic mass is 10.0. The lowest BCUT2D eigenvalue weighted by Gasteiger charge is -2.20. The lowest BCUT2D eigenvalue weighted by molar-refractivity contribution is -0.172. The van der Waals surface area contributed by atoms with E-state index in [4.69, 9.17) is 18.9 Å². The number of aliphatic hydroxyl groups is 1. The summed E-state index contributed by atoms with van der Waals surface area (Å²) in [5.41, 5.74) is 1.02. The molecule has 2 atom stereocenters. The van der Waals surface area contributed by atoms with Crippen LogP contribution >= 0.6 is 0 Å². The van der Waals surface area contributed by atoms with E-state index in [-0.39, 0.29) is 24.7 Å². The van der Waals surface area contributed by atoms with Crippen molar-refractivity contribution < 1.29 is 43.2 Å². The molecule has 10 nitrogen and oxygen atoms in total. The molecule has 0 aliphatic carbocycles. The molecule has 0 aliphatic rings. The van der Waals surface area contributed by atoms with Gasteiger partial charge in [0.2, 0.25) is 6.10 Å². The molecule has 0 spiro atoms. The average molecular weight is 608 g/mol. The molecule has 0 aromatic heterocycles. The molecule has 2 unspecified atom stereocenters. The first kappa shape index (κ1) is 37.9. The Hall–Kier alpha value is -3.14. The second-order valence-electron chi connectivity index (χ2n) is 10.4. The van der Waals surface area contributed by atoms with Crippen LogP contribution in [0.5, 0.6) is 0 Å². The maximum absolute atomic E-state index is 12.6. The Labute approximate surface area is 257 Å². The van der Waals surface area contributed by atoms with Crippen LogP contribution in [0, 0.1) is 0 Å². The van der Waals surface area contributed by atoms with Crippen molar-refractivity contribution in [1.82, 2.24) is 0 Å². The number of unbranched alkanes of at least 4 members (excludes halogenated alkanes) is 12. The van der Waals surface area contributed by atoms with Gasteiger partial charge in [-0.3, -0.25) is 4.79 Å². The van der Waals surface area contributed by atoms with E-state index in [1.165, 1.54) is 57.8 Å². The van der Waals surface area contributed by atoms with E-state index in [1.807, 2.05) is 6.92 Å². The monoisotopic (exact) mass is 607 g/mol. The summed E-state index contributed by atoms with van der Waals surface area (Å²) in [6.45, 7) is 6.23. The predicted octanol–water partition coefficient (Wildman–Crippen LogP) is 6.14. The zero-order valence-electron chi connectivity index (χ0n) is 26.4. The highest BCUT2D eigenvalue weighted by molar-refractivity contribution is 5.93. The van der Waals surface area contributed by atoms with Gasteiger partial charge in [-0.15, -0.1) is 0 Å². The summed E-state index contributed by atoms with van der Waals surface area (Å²) >= 11 is 0. The highest BCUT2D eigenvalue weighted by Gasteiger charge is 2.38. The van der Waals surface area contributed by atoms with Gasteiger partial charge in [0.1, 0.15) is 0 Å². The Morgan fingerprint density at radius 1 is 0.651 bits per heavy atom. The second kappa shape index (κ2) is 24.3. The van der Waals surface area contributed by atoms with E-state index in [2.05, 4.69) is 5.32 Å². The Balaban J connectivity index is 2.16. The van der Waals surface area contributed by atoms with Crippen molar-refractivity contribution in [3.63, 3.8) is 0 Å². The van der Waals surface area contributed by atoms with Crippen LogP contribution < -0.4 is 5.32 Å². The molecule has 43 heavy (non-hydrogen) atoms. The molecule has 0 heterocycles. The normalized spacial score (nSPS) is 12.2. The fourth-order valence-corrected chi connectivity index (χ4v) is 4.53. The first-order valence-electron chi connectivity index (χ1n) is 16.1. The van der Waals surface area contributed by atoms with Crippen LogP contribution in [0.25, 0.3) is 0 Å². The molecule has 0 radical (unpaired) electrons. The fourth-order valence-electron chi connectivity index (χ4n) is 4.53. The largest absolute Gasteiger partial charge is 0.466 e. The van der Waals surface area contributed by atoms with Gasteiger partial charge in [-0.2, -0.15) is 0 Å². The van der Waals surface area contributed by atoms with Crippen molar-refractivity contribution in [2.45, 2.75) is 123 Å². The minimum atomic E-state index is -1.99. The van der Waals surface area contributed by atoms with Crippen molar-refractivity contribution in [1.29, 1.82) is 0 Å². The van der Waals surface area contributed by atoms with E-state index in [0.717, 1.165) is 37.9 Å². The third kappa shape index (κ3) is 17.5. The maximum Gasteiger partial charge on any atom is 0.350 e. The SMILES string of the molecule is CCOC(=O)CCCCCCCCCCCCCCCNc1ccc(C(=O)OC(C(=O)OCC)C(O)C(=O)OCC)cc1. The predicted molar refractivity (Wildman–Crippen MR) is 165 cm³/mol. The first-order chi connectivity index (χ1) is 20.8. The Kier molecular flexibility index (Phi) is 21.4. The van der Waals surface area contributed by atoms with Gasteiger partial charge in [0.15, 0.2) is 6.10 Å². The van der Waals surface area contributed by atoms with Crippen molar-refractivity contribution in [2.24, 2.45) is 0 Å². The van der Waals surface area contributed by atoms with E-state index in [0.29, 0.717) is 13.0 Å². The Bertz CT molecular complexity index is 919. The fraction of sp³-hybridized carbons (Fsp3) is 0.697. The quantitative estimate of drug-likeness (QED) is 0.0758. The molecule has 0 aliphatic heterocycles. The third-order valence-corrected chi connectivity index (χ3v) is 6.88. The minimum Gasteiger partial charge on any atom is -0.466 e. The zero-order chi connectivity index (χ0) is 31.7. The van der Waals surface area contributed by atoms with E-state index in [1.54, 1.807) is 38.1 Å². The van der Waals surface area contributed by atoms with Crippen LogP contribution in [0.2, 0.25) is 0 Å². The molecular weight excluding hydrogens is 554 g/mol. The van der Waals surface area contributed by atoms with Crippen molar-refractivity contribution in [3.8, 4) is 0 Å². The number of nitrogens with one attached hydrogen (secondary N) is 1. The van der Waals surface area contributed by atoms with Gasteiger partial charge < -0.3 is 29.4 Å². The van der Waals surface area contributed by atoms with Crippen LogP contribution in [0.15, 0.2) is 24.3 Å². The molecule has 2 N–H and O–H groups in total. The highest BCUT2D eigenvalue weighted by atomic mass is 16.6. The highest BCUT2D eigenvalue weighted by Crippen LogP contribution is 2.16. The van der Waals surface area contributed by atoms with Gasteiger partial charge >= 0.3 is 23.9 Å². The number of ether oxygens (including phenoxy) is 4. The number of aliphatic hydroxyl groups excluding tert-OH is 1. The number of rotatable bonds is 25. The summed E-state index contributed by atoms with van der Waals surface area (Å²) < 4.78 is 19.6. The summed E-state index contributed by atoms with van der Waals surface area (Å²) in [5.74, 6) is -3.04. The number of anilines is 1. The Morgan fingerprint density at radius 2 is 1.12 bits per heavy atom. The Morgan fingerprint density at radius 3 is 1.63 bits per heavy atom. The number of hydrogen-bond acceptors (Lipinski definition) is 10. The van der Waals surface area contributed by atoms with Gasteiger partial charge in [-0.1, -0.05) is 70.6 Å². The van der Waals surface area contributed by atoms with Crippen molar-refractivity contribution in [3.05, 3.63) is 29.8 Å². The van der Waals surface area contributed by atoms with E-state index >= 15 is 0 Å². The van der Waals surface area contributed by atoms with Gasteiger partial charge in [-0.05, 0) is 57.9 Å². The number of hydrogen-bond donors (Lipinski definition) is 2. The molecule has 1 aromatic rings. The van der Waals surface area contributed by atoms with Crippen LogP contribution in [-0.4, -0.2) is 67.6 Å². The smallest absolute Gasteiger partial charge is 0.350 e. The van der Waals surface area contributed by atoms with Gasteiger partial charge in [0.05, 0.1) is 25.4 Å². The summed E-state index contributed by atoms with van der Waals surface area (Å²) in [7, 11) is 0. The molecule has 1 rings (SSSR count). The van der Waals surface area contributed by atoms with Crippen LogP contribution in [0.3, 0.4) is 0 Å². The second-order valence-corrected chi connectivity index (χ2v) is 10.4. The average Bonchev–Trinajstić information content (AvgIpc) is 2.99. The summed E-state index contributed by atoms with van der Waals surface area (Å²) in [4.78, 5) is 47.9. The summed E-state index contributed by atoms with van der Waals surface area (Å²) in [6, 6.07) is 6.58. The molecule has 0 bridgehead atoms.